The Morgan fingerprint density at radius 3 is 2.53 bits per heavy atom. The number of anilines is 1. The van der Waals surface area contributed by atoms with Crippen LogP contribution in [-0.2, 0) is 14.8 Å². The molecule has 0 bridgehead atoms. The van der Waals surface area contributed by atoms with Crippen LogP contribution in [0.1, 0.15) is 41.8 Å². The average Bonchev–Trinajstić information content (AvgIpc) is 3.46. The Balaban J connectivity index is 1.48. The molecule has 1 atom stereocenters. The molecule has 7 nitrogen and oxygen atoms in total. The van der Waals surface area contributed by atoms with E-state index in [0.717, 1.165) is 25.7 Å². The lowest BCUT2D eigenvalue weighted by atomic mass is 10.2. The minimum absolute atomic E-state index is 0.135. The van der Waals surface area contributed by atoms with Crippen molar-refractivity contribution in [1.29, 1.82) is 0 Å². The zero-order chi connectivity index (χ0) is 21.1. The zero-order valence-corrected chi connectivity index (χ0v) is 18.3. The summed E-state index contributed by atoms with van der Waals surface area (Å²) < 4.78 is 27.3. The van der Waals surface area contributed by atoms with E-state index in [4.69, 9.17) is 0 Å². The van der Waals surface area contributed by atoms with Gasteiger partial charge in [-0.25, -0.2) is 8.42 Å². The maximum atomic E-state index is 12.9. The van der Waals surface area contributed by atoms with Gasteiger partial charge in [0.15, 0.2) is 0 Å². The number of likely N-dealkylation sites (tertiary alicyclic amines) is 1. The highest BCUT2D eigenvalue weighted by Gasteiger charge is 2.35. The van der Waals surface area contributed by atoms with Gasteiger partial charge in [0.2, 0.25) is 15.9 Å². The molecule has 9 heteroatoms. The number of amides is 2. The Kier molecular flexibility index (Phi) is 6.21. The molecule has 2 aliphatic rings. The van der Waals surface area contributed by atoms with Gasteiger partial charge in [-0.05, 0) is 55.3 Å². The van der Waals surface area contributed by atoms with Crippen molar-refractivity contribution < 1.29 is 18.0 Å². The third-order valence-electron chi connectivity index (χ3n) is 5.60. The van der Waals surface area contributed by atoms with E-state index < -0.39 is 16.1 Å². The van der Waals surface area contributed by atoms with Gasteiger partial charge < -0.3 is 10.2 Å². The molecule has 0 unspecified atom stereocenters. The van der Waals surface area contributed by atoms with E-state index >= 15 is 0 Å². The van der Waals surface area contributed by atoms with Crippen LogP contribution in [0.25, 0.3) is 0 Å². The van der Waals surface area contributed by atoms with Crippen molar-refractivity contribution in [2.24, 2.45) is 0 Å². The van der Waals surface area contributed by atoms with Crippen molar-refractivity contribution in [2.75, 3.05) is 25.0 Å². The molecule has 30 heavy (non-hydrogen) atoms. The van der Waals surface area contributed by atoms with Gasteiger partial charge in [-0.15, -0.1) is 11.3 Å². The molecule has 1 aromatic carbocycles. The largest absolute Gasteiger partial charge is 0.326 e. The molecule has 0 aliphatic carbocycles. The topological polar surface area (TPSA) is 86.8 Å². The van der Waals surface area contributed by atoms with Crippen LogP contribution in [0, 0.1) is 0 Å². The van der Waals surface area contributed by atoms with Gasteiger partial charge in [0, 0.05) is 25.3 Å². The highest BCUT2D eigenvalue weighted by molar-refractivity contribution is 7.89. The van der Waals surface area contributed by atoms with Gasteiger partial charge in [0.25, 0.3) is 5.91 Å². The number of piperidine rings is 1. The Bertz CT molecular complexity index is 1010. The Morgan fingerprint density at radius 2 is 1.80 bits per heavy atom. The summed E-state index contributed by atoms with van der Waals surface area (Å²) in [6, 6.07) is 9.39. The number of nitrogens with one attached hydrogen (secondary N) is 1. The molecule has 2 fully saturated rings. The van der Waals surface area contributed by atoms with Crippen LogP contribution in [0.2, 0.25) is 0 Å². The van der Waals surface area contributed by atoms with Crippen molar-refractivity contribution in [3.63, 3.8) is 0 Å². The molecule has 0 spiro atoms. The molecular formula is C21H25N3O4S2. The minimum Gasteiger partial charge on any atom is -0.326 e. The first-order chi connectivity index (χ1) is 14.5. The fraction of sp³-hybridized carbons (Fsp3) is 0.429. The van der Waals surface area contributed by atoms with Gasteiger partial charge in [-0.3, -0.25) is 9.59 Å². The third kappa shape index (κ3) is 4.28. The number of carbonyl (C=O) groups is 2. The van der Waals surface area contributed by atoms with E-state index in [2.05, 4.69) is 5.32 Å². The van der Waals surface area contributed by atoms with E-state index in [1.165, 1.54) is 21.7 Å². The van der Waals surface area contributed by atoms with Crippen LogP contribution in [0.15, 0.2) is 46.7 Å². The first-order valence-corrected chi connectivity index (χ1v) is 12.5. The van der Waals surface area contributed by atoms with Crippen LogP contribution in [0.3, 0.4) is 0 Å². The Morgan fingerprint density at radius 1 is 1.00 bits per heavy atom. The van der Waals surface area contributed by atoms with E-state index in [1.54, 1.807) is 29.2 Å². The van der Waals surface area contributed by atoms with Crippen LogP contribution in [-0.4, -0.2) is 55.1 Å². The first kappa shape index (κ1) is 21.0. The molecule has 2 saturated heterocycles. The fourth-order valence-electron chi connectivity index (χ4n) is 4.04. The summed E-state index contributed by atoms with van der Waals surface area (Å²) in [5.74, 6) is -0.422. The van der Waals surface area contributed by atoms with Crippen molar-refractivity contribution in [2.45, 2.75) is 43.0 Å². The molecule has 2 amide bonds. The predicted octanol–water partition coefficient (Wildman–Crippen LogP) is 3.17. The molecule has 0 saturated carbocycles. The minimum atomic E-state index is -3.57. The first-order valence-electron chi connectivity index (χ1n) is 10.2. The number of thiophene rings is 1. The maximum absolute atomic E-state index is 12.9. The summed E-state index contributed by atoms with van der Waals surface area (Å²) >= 11 is 1.36. The Labute approximate surface area is 180 Å². The summed E-state index contributed by atoms with van der Waals surface area (Å²) in [6.45, 7) is 1.60. The molecule has 160 valence electrons. The molecule has 4 rings (SSSR count). The standard InChI is InChI=1S/C21H25N3O4S2/c25-20(18-9-5-13-24(18)21(26)19-10-6-14-29-19)22-16-7-4-8-17(15-16)30(27,28)23-11-2-1-3-12-23/h4,6-8,10,14-15,18H,1-3,5,9,11-13H2,(H,22,25)/t18-/m1/s1. The van der Waals surface area contributed by atoms with Crippen molar-refractivity contribution >= 4 is 38.9 Å². The number of nitrogens with zero attached hydrogens (tertiary/aromatic N) is 2. The highest BCUT2D eigenvalue weighted by atomic mass is 32.2. The van der Waals surface area contributed by atoms with Crippen molar-refractivity contribution in [3.8, 4) is 0 Å². The van der Waals surface area contributed by atoms with Crippen LogP contribution in [0.5, 0.6) is 0 Å². The number of sulfonamides is 1. The van der Waals surface area contributed by atoms with Gasteiger partial charge in [0.05, 0.1) is 9.77 Å². The average molecular weight is 448 g/mol. The van der Waals surface area contributed by atoms with Gasteiger partial charge in [-0.1, -0.05) is 18.6 Å². The molecule has 1 N–H and O–H groups in total. The second kappa shape index (κ2) is 8.87. The lowest BCUT2D eigenvalue weighted by Crippen LogP contribution is -2.43. The van der Waals surface area contributed by atoms with Gasteiger partial charge in [-0.2, -0.15) is 4.31 Å². The lowest BCUT2D eigenvalue weighted by molar-refractivity contribution is -0.119. The third-order valence-corrected chi connectivity index (χ3v) is 8.36. The summed E-state index contributed by atoms with van der Waals surface area (Å²) in [5.41, 5.74) is 0.425. The van der Waals surface area contributed by atoms with Gasteiger partial charge >= 0.3 is 0 Å². The van der Waals surface area contributed by atoms with Crippen LogP contribution < -0.4 is 5.32 Å². The number of benzene rings is 1. The van der Waals surface area contributed by atoms with E-state index in [-0.39, 0.29) is 16.7 Å². The molecule has 2 aliphatic heterocycles. The fourth-order valence-corrected chi connectivity index (χ4v) is 6.28. The molecule has 3 heterocycles. The summed E-state index contributed by atoms with van der Waals surface area (Å²) in [4.78, 5) is 28.0. The smallest absolute Gasteiger partial charge is 0.264 e. The number of hydrogen-bond donors (Lipinski definition) is 1. The molecule has 2 aromatic rings. The second-order valence-electron chi connectivity index (χ2n) is 7.62. The normalized spacial score (nSPS) is 20.3. The van der Waals surface area contributed by atoms with Crippen molar-refractivity contribution in [1.82, 2.24) is 9.21 Å². The molecular weight excluding hydrogens is 422 g/mol. The number of carbonyl (C=O) groups excluding carboxylic acids is 2. The van der Waals surface area contributed by atoms with E-state index in [9.17, 15) is 18.0 Å². The predicted molar refractivity (Wildman–Crippen MR) is 116 cm³/mol. The monoisotopic (exact) mass is 447 g/mol. The van der Waals surface area contributed by atoms with E-state index in [1.807, 2.05) is 11.4 Å². The summed E-state index contributed by atoms with van der Waals surface area (Å²) in [5, 5.41) is 4.66. The Hall–Kier alpha value is -2.23. The second-order valence-corrected chi connectivity index (χ2v) is 10.5. The summed E-state index contributed by atoms with van der Waals surface area (Å²) in [6.07, 6.45) is 4.13. The van der Waals surface area contributed by atoms with Crippen LogP contribution >= 0.6 is 11.3 Å². The van der Waals surface area contributed by atoms with Gasteiger partial charge in [0.1, 0.15) is 6.04 Å². The van der Waals surface area contributed by atoms with Crippen molar-refractivity contribution in [3.05, 3.63) is 46.7 Å². The highest BCUT2D eigenvalue weighted by Crippen LogP contribution is 2.25. The SMILES string of the molecule is O=C(Nc1cccc(S(=O)(=O)N2CCCCC2)c1)[C@H]1CCCN1C(=O)c1cccs1. The van der Waals surface area contributed by atoms with Crippen LogP contribution in [0.4, 0.5) is 5.69 Å². The lowest BCUT2D eigenvalue weighted by Gasteiger charge is -2.26. The number of rotatable bonds is 5. The zero-order valence-electron chi connectivity index (χ0n) is 16.6. The van der Waals surface area contributed by atoms with E-state index in [0.29, 0.717) is 36.6 Å². The quantitative estimate of drug-likeness (QED) is 0.763. The number of hydrogen-bond acceptors (Lipinski definition) is 5. The maximum Gasteiger partial charge on any atom is 0.264 e. The molecule has 0 radical (unpaired) electrons. The summed E-state index contributed by atoms with van der Waals surface area (Å²) in [7, 11) is -3.57. The molecule has 1 aromatic heterocycles.